The minimum Gasteiger partial charge on any atom is -0.392 e. The first-order valence-corrected chi connectivity index (χ1v) is 6.10. The molecule has 0 amide bonds. The van der Waals surface area contributed by atoms with Gasteiger partial charge in [0.1, 0.15) is 5.69 Å². The maximum absolute atomic E-state index is 11.9. The standard InChI is InChI=1S/C11H16ClN3O/c12-10-9(13)11(16)15(7-14-10)8-5-3-1-2-4-6-8/h7-8H,1-6,13H2. The zero-order valence-electron chi connectivity index (χ0n) is 9.16. The summed E-state index contributed by atoms with van der Waals surface area (Å²) >= 11 is 5.71. The summed E-state index contributed by atoms with van der Waals surface area (Å²) < 4.78 is 1.65. The molecule has 88 valence electrons. The van der Waals surface area contributed by atoms with Crippen LogP contribution in [0.5, 0.6) is 0 Å². The van der Waals surface area contributed by atoms with Gasteiger partial charge in [0, 0.05) is 6.04 Å². The molecule has 0 aliphatic heterocycles. The minimum absolute atomic E-state index is 0.0633. The fourth-order valence-electron chi connectivity index (χ4n) is 2.26. The molecule has 0 aromatic carbocycles. The van der Waals surface area contributed by atoms with E-state index in [2.05, 4.69) is 4.98 Å². The van der Waals surface area contributed by atoms with Crippen LogP contribution in [0.1, 0.15) is 44.6 Å². The second-order valence-electron chi connectivity index (χ2n) is 4.31. The van der Waals surface area contributed by atoms with Crippen LogP contribution in [0.3, 0.4) is 0 Å². The first-order valence-electron chi connectivity index (χ1n) is 5.72. The molecule has 1 aliphatic carbocycles. The number of halogens is 1. The maximum Gasteiger partial charge on any atom is 0.278 e. The zero-order valence-corrected chi connectivity index (χ0v) is 9.91. The Kier molecular flexibility index (Phi) is 3.49. The summed E-state index contributed by atoms with van der Waals surface area (Å²) in [6.45, 7) is 0. The van der Waals surface area contributed by atoms with Gasteiger partial charge in [0.2, 0.25) is 0 Å². The zero-order chi connectivity index (χ0) is 11.5. The fourth-order valence-corrected chi connectivity index (χ4v) is 2.38. The molecule has 0 spiro atoms. The van der Waals surface area contributed by atoms with Crippen LogP contribution >= 0.6 is 11.6 Å². The molecule has 16 heavy (non-hydrogen) atoms. The van der Waals surface area contributed by atoms with Crippen molar-refractivity contribution in [1.29, 1.82) is 0 Å². The van der Waals surface area contributed by atoms with Gasteiger partial charge < -0.3 is 5.73 Å². The lowest BCUT2D eigenvalue weighted by molar-refractivity contribution is 0.428. The highest BCUT2D eigenvalue weighted by Crippen LogP contribution is 2.26. The van der Waals surface area contributed by atoms with Crippen molar-refractivity contribution in [2.24, 2.45) is 0 Å². The molecule has 0 radical (unpaired) electrons. The Balaban J connectivity index is 2.32. The van der Waals surface area contributed by atoms with Crippen LogP contribution in [0, 0.1) is 0 Å². The lowest BCUT2D eigenvalue weighted by Crippen LogP contribution is -2.27. The normalized spacial score (nSPS) is 18.3. The predicted octanol–water partition coefficient (Wildman–Crippen LogP) is 2.37. The molecule has 5 heteroatoms. The number of nitrogens with zero attached hydrogens (tertiary/aromatic N) is 2. The Bertz CT molecular complexity index is 422. The van der Waals surface area contributed by atoms with E-state index in [-0.39, 0.29) is 22.4 Å². The topological polar surface area (TPSA) is 60.9 Å². The smallest absolute Gasteiger partial charge is 0.278 e. The van der Waals surface area contributed by atoms with Gasteiger partial charge in [-0.05, 0) is 12.8 Å². The highest BCUT2D eigenvalue weighted by atomic mass is 35.5. The molecule has 1 aliphatic rings. The van der Waals surface area contributed by atoms with Crippen LogP contribution in [0.2, 0.25) is 5.15 Å². The van der Waals surface area contributed by atoms with E-state index in [0.717, 1.165) is 12.8 Å². The van der Waals surface area contributed by atoms with Gasteiger partial charge >= 0.3 is 0 Å². The Morgan fingerprint density at radius 1 is 1.31 bits per heavy atom. The Hall–Kier alpha value is -1.03. The minimum atomic E-state index is -0.202. The van der Waals surface area contributed by atoms with Crippen molar-refractivity contribution in [3.63, 3.8) is 0 Å². The molecule has 1 fully saturated rings. The van der Waals surface area contributed by atoms with Crippen LogP contribution in [0.15, 0.2) is 11.1 Å². The molecule has 1 aromatic heterocycles. The maximum atomic E-state index is 11.9. The molecule has 0 atom stereocenters. The van der Waals surface area contributed by atoms with Crippen molar-refractivity contribution in [1.82, 2.24) is 9.55 Å². The van der Waals surface area contributed by atoms with E-state index in [4.69, 9.17) is 17.3 Å². The van der Waals surface area contributed by atoms with Crippen LogP contribution in [0.4, 0.5) is 5.69 Å². The van der Waals surface area contributed by atoms with Crippen molar-refractivity contribution >= 4 is 17.3 Å². The molecule has 0 saturated heterocycles. The predicted molar refractivity (Wildman–Crippen MR) is 64.7 cm³/mol. The molecule has 2 N–H and O–H groups in total. The molecule has 2 rings (SSSR count). The van der Waals surface area contributed by atoms with E-state index in [1.165, 1.54) is 32.0 Å². The molecule has 0 unspecified atom stereocenters. The van der Waals surface area contributed by atoms with Gasteiger partial charge in [-0.15, -0.1) is 0 Å². The molecule has 1 saturated carbocycles. The second kappa shape index (κ2) is 4.87. The van der Waals surface area contributed by atoms with E-state index in [1.807, 2.05) is 0 Å². The van der Waals surface area contributed by atoms with Gasteiger partial charge in [-0.25, -0.2) is 4.98 Å². The summed E-state index contributed by atoms with van der Waals surface area (Å²) in [4.78, 5) is 15.9. The summed E-state index contributed by atoms with van der Waals surface area (Å²) in [6, 6.07) is 0.238. The van der Waals surface area contributed by atoms with Gasteiger partial charge in [0.25, 0.3) is 5.56 Å². The molecule has 0 bridgehead atoms. The molecular formula is C11H16ClN3O. The highest BCUT2D eigenvalue weighted by molar-refractivity contribution is 6.31. The van der Waals surface area contributed by atoms with E-state index in [1.54, 1.807) is 4.57 Å². The average molecular weight is 242 g/mol. The quantitative estimate of drug-likeness (QED) is 0.607. The first-order chi connectivity index (χ1) is 7.70. The fraction of sp³-hybridized carbons (Fsp3) is 0.636. The van der Waals surface area contributed by atoms with E-state index >= 15 is 0 Å². The van der Waals surface area contributed by atoms with Crippen molar-refractivity contribution in [3.8, 4) is 0 Å². The van der Waals surface area contributed by atoms with E-state index in [9.17, 15) is 4.79 Å². The van der Waals surface area contributed by atoms with Crippen molar-refractivity contribution in [3.05, 3.63) is 21.8 Å². The van der Waals surface area contributed by atoms with E-state index < -0.39 is 0 Å². The van der Waals surface area contributed by atoms with Crippen molar-refractivity contribution < 1.29 is 0 Å². The summed E-state index contributed by atoms with van der Waals surface area (Å²) in [6.07, 6.45) is 8.42. The van der Waals surface area contributed by atoms with Gasteiger partial charge in [-0.1, -0.05) is 37.3 Å². The number of nitrogens with two attached hydrogens (primary N) is 1. The number of aromatic nitrogens is 2. The van der Waals surface area contributed by atoms with Gasteiger partial charge in [0.05, 0.1) is 6.33 Å². The third-order valence-corrected chi connectivity index (χ3v) is 3.50. The highest BCUT2D eigenvalue weighted by Gasteiger charge is 2.17. The largest absolute Gasteiger partial charge is 0.392 e. The van der Waals surface area contributed by atoms with Gasteiger partial charge in [-0.3, -0.25) is 9.36 Å². The number of hydrogen-bond donors (Lipinski definition) is 1. The summed E-state index contributed by atoms with van der Waals surface area (Å²) in [7, 11) is 0. The lowest BCUT2D eigenvalue weighted by Gasteiger charge is -2.17. The van der Waals surface area contributed by atoms with Crippen molar-refractivity contribution in [2.75, 3.05) is 5.73 Å². The van der Waals surface area contributed by atoms with Crippen LogP contribution < -0.4 is 11.3 Å². The summed E-state index contributed by atoms with van der Waals surface area (Å²) in [5.41, 5.74) is 5.46. The van der Waals surface area contributed by atoms with Gasteiger partial charge in [-0.2, -0.15) is 0 Å². The molecule has 1 aromatic rings. The van der Waals surface area contributed by atoms with Crippen LogP contribution in [-0.4, -0.2) is 9.55 Å². The van der Waals surface area contributed by atoms with Crippen molar-refractivity contribution in [2.45, 2.75) is 44.6 Å². The molecule has 4 nitrogen and oxygen atoms in total. The molecule has 1 heterocycles. The number of nitrogen functional groups attached to an aromatic ring is 1. The lowest BCUT2D eigenvalue weighted by atomic mass is 10.1. The first kappa shape index (κ1) is 11.5. The number of hydrogen-bond acceptors (Lipinski definition) is 3. The Morgan fingerprint density at radius 3 is 2.56 bits per heavy atom. The SMILES string of the molecule is Nc1c(Cl)ncn(C2CCCCCC2)c1=O. The number of rotatable bonds is 1. The van der Waals surface area contributed by atoms with Crippen LogP contribution in [0.25, 0.3) is 0 Å². The van der Waals surface area contributed by atoms with E-state index in [0.29, 0.717) is 0 Å². The Morgan fingerprint density at radius 2 is 1.94 bits per heavy atom. The second-order valence-corrected chi connectivity index (χ2v) is 4.66. The summed E-state index contributed by atoms with van der Waals surface area (Å²) in [5.74, 6) is 0. The average Bonchev–Trinajstić information content (AvgIpc) is 2.55. The monoisotopic (exact) mass is 241 g/mol. The third-order valence-electron chi connectivity index (χ3n) is 3.20. The van der Waals surface area contributed by atoms with Crippen LogP contribution in [-0.2, 0) is 0 Å². The van der Waals surface area contributed by atoms with Gasteiger partial charge in [0.15, 0.2) is 5.15 Å². The Labute approximate surface area is 99.4 Å². The third kappa shape index (κ3) is 2.21. The molecular weight excluding hydrogens is 226 g/mol. The number of anilines is 1. The summed E-state index contributed by atoms with van der Waals surface area (Å²) in [5, 5.41) is 0.106.